The zero-order valence-corrected chi connectivity index (χ0v) is 9.89. The Kier molecular flexibility index (Phi) is 3.28. The number of cyclic esters (lactones) is 2. The Morgan fingerprint density at radius 2 is 1.67 bits per heavy atom. The Hall–Kier alpha value is -2.36. The summed E-state index contributed by atoms with van der Waals surface area (Å²) < 4.78 is 4.55. The largest absolute Gasteiger partial charge is 0.386 e. The molecule has 0 saturated heterocycles. The fraction of sp³-hybridized carbons (Fsp3) is 0.143. The first-order chi connectivity index (χ1) is 8.67. The molecular formula is C14H13NO3. The van der Waals surface area contributed by atoms with Gasteiger partial charge in [0.15, 0.2) is 0 Å². The molecule has 4 nitrogen and oxygen atoms in total. The SMILES string of the molecule is C=CCN(CC=C)c1ccc2c(c1)C(=O)OC2=O. The quantitative estimate of drug-likeness (QED) is 0.452. The molecule has 0 atom stereocenters. The monoisotopic (exact) mass is 243 g/mol. The van der Waals surface area contributed by atoms with Crippen LogP contribution in [0.4, 0.5) is 5.69 Å². The number of ether oxygens (including phenoxy) is 1. The van der Waals surface area contributed by atoms with Crippen LogP contribution >= 0.6 is 0 Å². The predicted molar refractivity (Wildman–Crippen MR) is 68.8 cm³/mol. The number of hydrogen-bond donors (Lipinski definition) is 0. The molecule has 1 heterocycles. The molecule has 1 aromatic carbocycles. The Bertz CT molecular complexity index is 524. The van der Waals surface area contributed by atoms with Crippen LogP contribution in [0, 0.1) is 0 Å². The maximum atomic E-state index is 11.5. The van der Waals surface area contributed by atoms with Gasteiger partial charge in [-0.3, -0.25) is 0 Å². The highest BCUT2D eigenvalue weighted by Crippen LogP contribution is 2.25. The summed E-state index contributed by atoms with van der Waals surface area (Å²) in [5, 5.41) is 0. The molecule has 0 aromatic heterocycles. The summed E-state index contributed by atoms with van der Waals surface area (Å²) in [6.45, 7) is 8.64. The molecule has 1 aliphatic rings. The van der Waals surface area contributed by atoms with Gasteiger partial charge in [-0.1, -0.05) is 12.2 Å². The van der Waals surface area contributed by atoms with E-state index in [-0.39, 0.29) is 0 Å². The number of benzene rings is 1. The van der Waals surface area contributed by atoms with Crippen LogP contribution in [0.15, 0.2) is 43.5 Å². The van der Waals surface area contributed by atoms with Gasteiger partial charge in [-0.05, 0) is 18.2 Å². The van der Waals surface area contributed by atoms with Crippen molar-refractivity contribution in [2.75, 3.05) is 18.0 Å². The van der Waals surface area contributed by atoms with Crippen molar-refractivity contribution in [3.63, 3.8) is 0 Å². The molecule has 4 heteroatoms. The highest BCUT2D eigenvalue weighted by atomic mass is 16.6. The lowest BCUT2D eigenvalue weighted by Gasteiger charge is -2.21. The maximum Gasteiger partial charge on any atom is 0.346 e. The Morgan fingerprint density at radius 1 is 1.06 bits per heavy atom. The van der Waals surface area contributed by atoms with Gasteiger partial charge >= 0.3 is 11.9 Å². The minimum absolute atomic E-state index is 0.315. The van der Waals surface area contributed by atoms with Gasteiger partial charge in [0.25, 0.3) is 0 Å². The summed E-state index contributed by atoms with van der Waals surface area (Å²) in [7, 11) is 0. The lowest BCUT2D eigenvalue weighted by atomic mass is 10.1. The van der Waals surface area contributed by atoms with Crippen LogP contribution in [0.2, 0.25) is 0 Å². The van der Waals surface area contributed by atoms with Crippen molar-refractivity contribution in [1.29, 1.82) is 0 Å². The third kappa shape index (κ3) is 2.05. The Balaban J connectivity index is 2.38. The highest BCUT2D eigenvalue weighted by molar-refractivity contribution is 6.15. The number of rotatable bonds is 5. The van der Waals surface area contributed by atoms with E-state index in [2.05, 4.69) is 17.9 Å². The van der Waals surface area contributed by atoms with Crippen LogP contribution in [0.3, 0.4) is 0 Å². The summed E-state index contributed by atoms with van der Waals surface area (Å²) in [6.07, 6.45) is 3.53. The van der Waals surface area contributed by atoms with Gasteiger partial charge in [0, 0.05) is 18.8 Å². The molecule has 0 saturated carbocycles. The zero-order chi connectivity index (χ0) is 13.1. The summed E-state index contributed by atoms with van der Waals surface area (Å²) >= 11 is 0. The molecule has 1 aromatic rings. The van der Waals surface area contributed by atoms with E-state index in [1.807, 2.05) is 4.90 Å². The van der Waals surface area contributed by atoms with Crippen molar-refractivity contribution in [2.45, 2.75) is 0 Å². The van der Waals surface area contributed by atoms with Crippen LogP contribution in [0.1, 0.15) is 20.7 Å². The first-order valence-corrected chi connectivity index (χ1v) is 5.54. The van der Waals surface area contributed by atoms with Gasteiger partial charge < -0.3 is 9.64 Å². The van der Waals surface area contributed by atoms with E-state index in [9.17, 15) is 9.59 Å². The molecule has 0 N–H and O–H groups in total. The summed E-state index contributed by atoms with van der Waals surface area (Å²) in [6, 6.07) is 5.05. The first-order valence-electron chi connectivity index (χ1n) is 5.54. The van der Waals surface area contributed by atoms with Gasteiger partial charge in [0.05, 0.1) is 11.1 Å². The molecule has 0 amide bonds. The average Bonchev–Trinajstić information content (AvgIpc) is 2.64. The van der Waals surface area contributed by atoms with Crippen molar-refractivity contribution in [3.8, 4) is 0 Å². The molecule has 92 valence electrons. The first kappa shape index (κ1) is 12.1. The molecule has 0 aliphatic carbocycles. The van der Waals surface area contributed by atoms with Crippen LogP contribution in [-0.4, -0.2) is 25.0 Å². The minimum atomic E-state index is -0.589. The van der Waals surface area contributed by atoms with Crippen LogP contribution in [0.5, 0.6) is 0 Å². The fourth-order valence-electron chi connectivity index (χ4n) is 1.87. The van der Waals surface area contributed by atoms with Crippen molar-refractivity contribution in [1.82, 2.24) is 0 Å². The number of carbonyl (C=O) groups excluding carboxylic acids is 2. The fourth-order valence-corrected chi connectivity index (χ4v) is 1.87. The number of esters is 2. The zero-order valence-electron chi connectivity index (χ0n) is 9.89. The van der Waals surface area contributed by atoms with Gasteiger partial charge in [0.2, 0.25) is 0 Å². The molecule has 1 aliphatic heterocycles. The molecular weight excluding hydrogens is 230 g/mol. The molecule has 0 bridgehead atoms. The van der Waals surface area contributed by atoms with Crippen LogP contribution in [-0.2, 0) is 4.74 Å². The second-order valence-corrected chi connectivity index (χ2v) is 3.89. The smallest absolute Gasteiger partial charge is 0.346 e. The van der Waals surface area contributed by atoms with Gasteiger partial charge in [0.1, 0.15) is 0 Å². The number of carbonyl (C=O) groups is 2. The average molecular weight is 243 g/mol. The van der Waals surface area contributed by atoms with Crippen molar-refractivity contribution < 1.29 is 14.3 Å². The number of nitrogens with zero attached hydrogens (tertiary/aromatic N) is 1. The van der Waals surface area contributed by atoms with E-state index in [0.717, 1.165) is 5.69 Å². The molecule has 0 radical (unpaired) electrons. The standard InChI is InChI=1S/C14H13NO3/c1-3-7-15(8-4-2)10-5-6-11-12(9-10)14(17)18-13(11)16/h3-6,9H,1-2,7-8H2. The summed E-state index contributed by atoms with van der Waals surface area (Å²) in [5.41, 5.74) is 1.47. The van der Waals surface area contributed by atoms with Crippen molar-refractivity contribution in [2.24, 2.45) is 0 Å². The Morgan fingerprint density at radius 3 is 2.28 bits per heavy atom. The second-order valence-electron chi connectivity index (χ2n) is 3.89. The number of hydrogen-bond acceptors (Lipinski definition) is 4. The molecule has 18 heavy (non-hydrogen) atoms. The van der Waals surface area contributed by atoms with Gasteiger partial charge in [-0.15, -0.1) is 13.2 Å². The van der Waals surface area contributed by atoms with Crippen LogP contribution in [0.25, 0.3) is 0 Å². The Labute approximate surface area is 105 Å². The third-order valence-corrected chi connectivity index (χ3v) is 2.69. The van der Waals surface area contributed by atoms with E-state index in [0.29, 0.717) is 24.2 Å². The van der Waals surface area contributed by atoms with E-state index in [1.54, 1.807) is 30.4 Å². The highest BCUT2D eigenvalue weighted by Gasteiger charge is 2.29. The summed E-state index contributed by atoms with van der Waals surface area (Å²) in [5.74, 6) is -1.17. The molecule has 0 unspecified atom stereocenters. The normalized spacial score (nSPS) is 12.9. The van der Waals surface area contributed by atoms with E-state index < -0.39 is 11.9 Å². The predicted octanol–water partition coefficient (Wildman–Crippen LogP) is 2.18. The second kappa shape index (κ2) is 4.87. The molecule has 0 fully saturated rings. The van der Waals surface area contributed by atoms with E-state index in [1.165, 1.54) is 0 Å². The molecule has 0 spiro atoms. The molecule has 2 rings (SSSR count). The lowest BCUT2D eigenvalue weighted by Crippen LogP contribution is -2.23. The maximum absolute atomic E-state index is 11.5. The topological polar surface area (TPSA) is 46.6 Å². The van der Waals surface area contributed by atoms with Gasteiger partial charge in [-0.25, -0.2) is 9.59 Å². The van der Waals surface area contributed by atoms with Crippen molar-refractivity contribution >= 4 is 17.6 Å². The third-order valence-electron chi connectivity index (χ3n) is 2.69. The van der Waals surface area contributed by atoms with Gasteiger partial charge in [-0.2, -0.15) is 0 Å². The minimum Gasteiger partial charge on any atom is -0.386 e. The van der Waals surface area contributed by atoms with Crippen molar-refractivity contribution in [3.05, 3.63) is 54.6 Å². The van der Waals surface area contributed by atoms with E-state index >= 15 is 0 Å². The number of fused-ring (bicyclic) bond motifs is 1. The number of anilines is 1. The lowest BCUT2D eigenvalue weighted by molar-refractivity contribution is 0.0444. The van der Waals surface area contributed by atoms with E-state index in [4.69, 9.17) is 0 Å². The summed E-state index contributed by atoms with van der Waals surface area (Å²) in [4.78, 5) is 24.8. The van der Waals surface area contributed by atoms with Crippen LogP contribution < -0.4 is 4.90 Å².